The number of halogens is 3. The van der Waals surface area contributed by atoms with E-state index in [-0.39, 0.29) is 67.3 Å². The Morgan fingerprint density at radius 1 is 1.12 bits per heavy atom. The van der Waals surface area contributed by atoms with Gasteiger partial charge in [0.2, 0.25) is 29.5 Å². The molecule has 2 N–H and O–H groups in total. The van der Waals surface area contributed by atoms with Gasteiger partial charge in [0.1, 0.15) is 24.7 Å². The Bertz CT molecular complexity index is 2560. The van der Waals surface area contributed by atoms with Gasteiger partial charge in [-0.2, -0.15) is 13.2 Å². The Balaban J connectivity index is 1.30. The molecule has 3 aliphatic rings. The van der Waals surface area contributed by atoms with Crippen LogP contribution >= 0.6 is 0 Å². The van der Waals surface area contributed by atoms with Crippen molar-refractivity contribution in [3.05, 3.63) is 66.3 Å². The van der Waals surface area contributed by atoms with Gasteiger partial charge in [-0.1, -0.05) is 34.3 Å². The molecule has 7 rings (SSSR count). The average Bonchev–Trinajstić information content (AvgIpc) is 4.05. The van der Waals surface area contributed by atoms with Crippen molar-refractivity contribution in [1.29, 1.82) is 0 Å². The van der Waals surface area contributed by atoms with Gasteiger partial charge in [0.25, 0.3) is 5.91 Å². The maximum absolute atomic E-state index is 14.7. The number of esters is 1. The SMILES string of the molecule is C=CC(=O)N1CC[C@H](C(=O)N(C)C(C(=O)N[C@H]2Cc3nnc(o3)-c3ccc4c(c3)c(c(-c3cccnc3[C@H](C)OCC)n4CC(F)(F)F)CC(C)(C)COC(=O)[C@@H]3CCCN(N3)C2=O)C(C)C)C1. The van der Waals surface area contributed by atoms with Crippen LogP contribution in [0.4, 0.5) is 13.2 Å². The molecule has 17 nitrogen and oxygen atoms in total. The molecule has 5 atom stereocenters. The van der Waals surface area contributed by atoms with E-state index in [2.05, 4.69) is 32.5 Å². The van der Waals surface area contributed by atoms with Crippen molar-refractivity contribution >= 4 is 40.5 Å². The number of likely N-dealkylation sites (tertiary alicyclic amines) is 1. The van der Waals surface area contributed by atoms with E-state index in [1.54, 1.807) is 57.3 Å². The molecule has 3 aliphatic heterocycles. The summed E-state index contributed by atoms with van der Waals surface area (Å²) in [7, 11) is 1.52. The maximum Gasteiger partial charge on any atom is 0.406 e. The zero-order valence-corrected chi connectivity index (χ0v) is 39.5. The quantitative estimate of drug-likeness (QED) is 0.140. The molecule has 6 heterocycles. The number of carbonyl (C=O) groups excluding carboxylic acids is 5. The van der Waals surface area contributed by atoms with E-state index in [0.717, 1.165) is 0 Å². The van der Waals surface area contributed by atoms with Crippen LogP contribution in [-0.2, 0) is 52.8 Å². The third-order valence-electron chi connectivity index (χ3n) is 12.8. The van der Waals surface area contributed by atoms with Gasteiger partial charge in [-0.3, -0.25) is 34.0 Å². The molecule has 0 saturated carbocycles. The Morgan fingerprint density at radius 3 is 2.59 bits per heavy atom. The molecule has 0 spiro atoms. The fourth-order valence-corrected chi connectivity index (χ4v) is 9.58. The number of cyclic esters (lactones) is 1. The van der Waals surface area contributed by atoms with Crippen molar-refractivity contribution in [2.45, 2.75) is 111 Å². The Kier molecular flexibility index (Phi) is 14.8. The number of nitrogens with zero attached hydrogens (tertiary/aromatic N) is 7. The number of fused-ring (bicyclic) bond motifs is 6. The first-order valence-electron chi connectivity index (χ1n) is 23.0. The number of hydrogen-bond donors (Lipinski definition) is 2. The minimum atomic E-state index is -4.63. The lowest BCUT2D eigenvalue weighted by Crippen LogP contribution is -2.62. The summed E-state index contributed by atoms with van der Waals surface area (Å²) in [5, 5.41) is 13.1. The van der Waals surface area contributed by atoms with E-state index in [1.807, 2.05) is 20.8 Å². The zero-order valence-electron chi connectivity index (χ0n) is 39.5. The molecule has 0 radical (unpaired) electrons. The van der Waals surface area contributed by atoms with Gasteiger partial charge >= 0.3 is 12.1 Å². The predicted molar refractivity (Wildman–Crippen MR) is 243 cm³/mol. The first-order valence-corrected chi connectivity index (χ1v) is 23.0. The fraction of sp³-hybridized carbons (Fsp3) is 0.542. The molecule has 4 amide bonds. The van der Waals surface area contributed by atoms with Crippen LogP contribution in [0.5, 0.6) is 0 Å². The molecule has 6 bridgehead atoms. The maximum atomic E-state index is 14.7. The number of rotatable bonds is 11. The molecule has 0 aliphatic carbocycles. The summed E-state index contributed by atoms with van der Waals surface area (Å²) in [6.07, 6.45) is -1.44. The lowest BCUT2D eigenvalue weighted by Gasteiger charge is -2.36. The van der Waals surface area contributed by atoms with Crippen LogP contribution in [0.1, 0.15) is 84.1 Å². The molecule has 1 aromatic carbocycles. The third-order valence-corrected chi connectivity index (χ3v) is 12.8. The van der Waals surface area contributed by atoms with Gasteiger partial charge in [0, 0.05) is 66.9 Å². The number of pyridine rings is 1. The summed E-state index contributed by atoms with van der Waals surface area (Å²) < 4.78 is 63.3. The highest BCUT2D eigenvalue weighted by atomic mass is 19.4. The summed E-state index contributed by atoms with van der Waals surface area (Å²) in [6, 6.07) is 4.90. The van der Waals surface area contributed by atoms with E-state index in [9.17, 15) is 37.1 Å². The molecule has 68 heavy (non-hydrogen) atoms. The van der Waals surface area contributed by atoms with Gasteiger partial charge in [0.15, 0.2) is 0 Å². The summed E-state index contributed by atoms with van der Waals surface area (Å²) >= 11 is 0. The van der Waals surface area contributed by atoms with Gasteiger partial charge < -0.3 is 33.6 Å². The minimum absolute atomic E-state index is 0.0129. The highest BCUT2D eigenvalue weighted by molar-refractivity contribution is 5.96. The van der Waals surface area contributed by atoms with Crippen molar-refractivity contribution in [2.24, 2.45) is 17.3 Å². The highest BCUT2D eigenvalue weighted by Gasteiger charge is 2.41. The van der Waals surface area contributed by atoms with Crippen LogP contribution < -0.4 is 10.7 Å². The minimum Gasteiger partial charge on any atom is -0.464 e. The van der Waals surface area contributed by atoms with Gasteiger partial charge in [0.05, 0.1) is 36.4 Å². The van der Waals surface area contributed by atoms with E-state index in [1.165, 1.54) is 32.5 Å². The molecule has 1 unspecified atom stereocenters. The van der Waals surface area contributed by atoms with E-state index < -0.39 is 72.0 Å². The first-order chi connectivity index (χ1) is 32.2. The average molecular weight is 948 g/mol. The molecular formula is C48H60F3N9O8. The van der Waals surface area contributed by atoms with Crippen molar-refractivity contribution in [3.63, 3.8) is 0 Å². The van der Waals surface area contributed by atoms with Crippen LogP contribution in [0.15, 0.2) is 53.6 Å². The molecule has 20 heteroatoms. The van der Waals surface area contributed by atoms with Crippen molar-refractivity contribution in [2.75, 3.05) is 39.9 Å². The van der Waals surface area contributed by atoms with Crippen LogP contribution in [0.3, 0.4) is 0 Å². The number of alkyl halides is 3. The normalized spacial score (nSPS) is 21.0. The lowest BCUT2D eigenvalue weighted by molar-refractivity contribution is -0.155. The molecular weight excluding hydrogens is 888 g/mol. The second-order valence-corrected chi connectivity index (χ2v) is 18.9. The summed E-state index contributed by atoms with van der Waals surface area (Å²) in [4.78, 5) is 76.3. The fourth-order valence-electron chi connectivity index (χ4n) is 9.58. The summed E-state index contributed by atoms with van der Waals surface area (Å²) in [5.74, 6) is -3.50. The number of benzene rings is 1. The van der Waals surface area contributed by atoms with Crippen LogP contribution in [0, 0.1) is 17.3 Å². The Morgan fingerprint density at radius 2 is 1.88 bits per heavy atom. The third kappa shape index (κ3) is 10.8. The summed E-state index contributed by atoms with van der Waals surface area (Å²) in [6.45, 7) is 14.0. The van der Waals surface area contributed by atoms with E-state index >= 15 is 0 Å². The second-order valence-electron chi connectivity index (χ2n) is 18.9. The standard InChI is InChI=1S/C48H60F3N9O8/c1-9-38(61)58-20-17-30(24-58)44(63)57(8)40(27(3)4)42(62)53-35-22-37-54-55-43(68-37)29-15-16-36-32(21-29)33(23-47(6,7)26-67-46(65)34-14-12-19-60(56-34)45(35)64)41(59(36)25-48(49,50)51)31-13-11-18-52-39(31)28(5)66-10-2/h9,11,13,15-16,18,21,27-28,30,34-35,40,56H,1,10,12,14,17,19-20,22-26H2,2-8H3,(H,53,62)/t28-,30-,34-,35-,40?/m0/s1. The van der Waals surface area contributed by atoms with Gasteiger partial charge in [-0.05, 0) is 87.4 Å². The molecule has 366 valence electrons. The molecule has 4 aromatic rings. The van der Waals surface area contributed by atoms with Crippen LogP contribution in [0.25, 0.3) is 33.6 Å². The predicted octanol–water partition coefficient (Wildman–Crippen LogP) is 5.58. The number of ether oxygens (including phenoxy) is 2. The monoisotopic (exact) mass is 947 g/mol. The number of aromatic nitrogens is 4. The smallest absolute Gasteiger partial charge is 0.406 e. The highest BCUT2D eigenvalue weighted by Crippen LogP contribution is 2.43. The largest absolute Gasteiger partial charge is 0.464 e. The number of carbonyl (C=O) groups is 5. The van der Waals surface area contributed by atoms with Crippen molar-refractivity contribution in [3.8, 4) is 22.7 Å². The van der Waals surface area contributed by atoms with Gasteiger partial charge in [-0.25, -0.2) is 5.43 Å². The Labute approximate surface area is 392 Å². The zero-order chi connectivity index (χ0) is 49.2. The van der Waals surface area contributed by atoms with Crippen LogP contribution in [-0.4, -0.2) is 128 Å². The first kappa shape index (κ1) is 49.7. The lowest BCUT2D eigenvalue weighted by atomic mass is 9.84. The second kappa shape index (κ2) is 20.2. The van der Waals surface area contributed by atoms with E-state index in [4.69, 9.17) is 13.9 Å². The molecule has 2 saturated heterocycles. The number of likely N-dealkylation sites (N-methyl/N-ethyl adjacent to an activating group) is 1. The number of nitrogens with one attached hydrogen (secondary N) is 2. The van der Waals surface area contributed by atoms with Crippen LogP contribution in [0.2, 0.25) is 0 Å². The Hall–Kier alpha value is -6.15. The van der Waals surface area contributed by atoms with Crippen molar-refractivity contribution < 1.29 is 51.0 Å². The number of hydrogen-bond acceptors (Lipinski definition) is 12. The van der Waals surface area contributed by atoms with E-state index in [0.29, 0.717) is 60.2 Å². The molecule has 2 fully saturated rings. The van der Waals surface area contributed by atoms with Gasteiger partial charge in [-0.15, -0.1) is 10.2 Å². The summed E-state index contributed by atoms with van der Waals surface area (Å²) in [5.41, 5.74) is 4.52. The molecule has 3 aromatic heterocycles. The van der Waals surface area contributed by atoms with Crippen molar-refractivity contribution in [1.82, 2.24) is 45.3 Å². The number of hydrazine groups is 1. The number of amides is 4. The topological polar surface area (TPSA) is 194 Å².